The van der Waals surface area contributed by atoms with Crippen molar-refractivity contribution in [1.82, 2.24) is 0 Å². The molecule has 0 aromatic carbocycles. The van der Waals surface area contributed by atoms with E-state index in [1.807, 2.05) is 13.8 Å². The van der Waals surface area contributed by atoms with Crippen LogP contribution < -0.4 is 0 Å². The zero-order valence-corrected chi connectivity index (χ0v) is 10.4. The Labute approximate surface area is 96.6 Å². The van der Waals surface area contributed by atoms with E-state index >= 15 is 0 Å². The lowest BCUT2D eigenvalue weighted by molar-refractivity contribution is -0.146. The van der Waals surface area contributed by atoms with Crippen molar-refractivity contribution >= 4 is 11.9 Å². The highest BCUT2D eigenvalue weighted by Crippen LogP contribution is 2.08. The van der Waals surface area contributed by atoms with Gasteiger partial charge in [-0.15, -0.1) is 0 Å². The van der Waals surface area contributed by atoms with Crippen LogP contribution in [0, 0.1) is 5.92 Å². The largest absolute Gasteiger partial charge is 0.462 e. The molecule has 0 fully saturated rings. The van der Waals surface area contributed by atoms with E-state index in [9.17, 15) is 9.59 Å². The van der Waals surface area contributed by atoms with Crippen LogP contribution in [0.5, 0.6) is 0 Å². The summed E-state index contributed by atoms with van der Waals surface area (Å²) in [5.74, 6) is -0.845. The molecule has 0 aromatic rings. The van der Waals surface area contributed by atoms with Crippen molar-refractivity contribution in [3.8, 4) is 0 Å². The van der Waals surface area contributed by atoms with Crippen molar-refractivity contribution < 1.29 is 19.1 Å². The van der Waals surface area contributed by atoms with Gasteiger partial charge in [-0.3, -0.25) is 0 Å². The Kier molecular flexibility index (Phi) is 7.25. The maximum atomic E-state index is 11.5. The van der Waals surface area contributed by atoms with E-state index in [1.54, 1.807) is 19.9 Å². The van der Waals surface area contributed by atoms with Crippen LogP contribution in [0.1, 0.15) is 34.1 Å². The first-order valence-electron chi connectivity index (χ1n) is 5.57. The lowest BCUT2D eigenvalue weighted by Crippen LogP contribution is -2.18. The van der Waals surface area contributed by atoms with Crippen molar-refractivity contribution in [3.63, 3.8) is 0 Å². The molecule has 0 spiro atoms. The van der Waals surface area contributed by atoms with Crippen LogP contribution in [0.25, 0.3) is 0 Å². The van der Waals surface area contributed by atoms with Crippen LogP contribution in [0.3, 0.4) is 0 Å². The SMILES string of the molecule is CCO[13C](=O)[13C](=CCC(C)C)[13C](=O)OCC. The van der Waals surface area contributed by atoms with Crippen LogP contribution in [0.15, 0.2) is 11.6 Å². The summed E-state index contributed by atoms with van der Waals surface area (Å²) in [6.45, 7) is 7.90. The van der Waals surface area contributed by atoms with Crippen molar-refractivity contribution in [2.75, 3.05) is 13.2 Å². The van der Waals surface area contributed by atoms with Gasteiger partial charge in [0.25, 0.3) is 0 Å². The van der Waals surface area contributed by atoms with E-state index in [-0.39, 0.29) is 18.8 Å². The summed E-state index contributed by atoms with van der Waals surface area (Å²) in [5, 5.41) is 0. The number of ether oxygens (including phenoxy) is 2. The van der Waals surface area contributed by atoms with E-state index in [1.165, 1.54) is 0 Å². The van der Waals surface area contributed by atoms with Gasteiger partial charge in [-0.2, -0.15) is 0 Å². The number of allylic oxidation sites excluding steroid dienone is 1. The van der Waals surface area contributed by atoms with Crippen LogP contribution in [-0.2, 0) is 19.1 Å². The molecule has 92 valence electrons. The van der Waals surface area contributed by atoms with Gasteiger partial charge in [-0.05, 0) is 26.2 Å². The van der Waals surface area contributed by atoms with E-state index in [0.717, 1.165) is 0 Å². The van der Waals surface area contributed by atoms with E-state index in [4.69, 9.17) is 9.47 Å². The van der Waals surface area contributed by atoms with Crippen molar-refractivity contribution in [2.24, 2.45) is 5.92 Å². The van der Waals surface area contributed by atoms with E-state index < -0.39 is 11.9 Å². The van der Waals surface area contributed by atoms with Crippen LogP contribution in [0.2, 0.25) is 0 Å². The molecule has 4 nitrogen and oxygen atoms in total. The fourth-order valence-corrected chi connectivity index (χ4v) is 1.02. The maximum Gasteiger partial charge on any atom is 0.345 e. The standard InChI is InChI=1S/C12H20O4/c1-5-15-11(13)10(8-7-9(3)4)12(14)16-6-2/h8-9H,5-7H2,1-4H3/i10+1,11+1,12+1. The summed E-state index contributed by atoms with van der Waals surface area (Å²) in [5.41, 5.74) is -0.00241. The van der Waals surface area contributed by atoms with Crippen molar-refractivity contribution in [2.45, 2.75) is 34.1 Å². The highest BCUT2D eigenvalue weighted by molar-refractivity contribution is 6.14. The molecule has 0 heterocycles. The molecule has 0 unspecified atom stereocenters. The number of hydrogen-bond acceptors (Lipinski definition) is 4. The second kappa shape index (κ2) is 7.91. The highest BCUT2D eigenvalue weighted by Gasteiger charge is 2.20. The number of carbonyl (C=O) groups excluding carboxylic acids is 2. The molecule has 0 aromatic heterocycles. The van der Waals surface area contributed by atoms with Gasteiger partial charge in [0.2, 0.25) is 0 Å². The molecular weight excluding hydrogens is 211 g/mol. The smallest absolute Gasteiger partial charge is 0.345 e. The molecule has 0 aliphatic rings. The van der Waals surface area contributed by atoms with Crippen LogP contribution >= 0.6 is 0 Å². The zero-order chi connectivity index (χ0) is 12.6. The van der Waals surface area contributed by atoms with Gasteiger partial charge in [-0.1, -0.05) is 19.9 Å². The maximum absolute atomic E-state index is 11.5. The minimum absolute atomic E-state index is 0.00241. The zero-order valence-electron chi connectivity index (χ0n) is 10.4. The first-order valence-corrected chi connectivity index (χ1v) is 5.57. The lowest BCUT2D eigenvalue weighted by atomic mass is 10.1. The molecule has 0 N–H and O–H groups in total. The predicted molar refractivity (Wildman–Crippen MR) is 60.8 cm³/mol. The molecular formula is C12H20O4. The third-order valence-corrected chi connectivity index (χ3v) is 1.78. The first kappa shape index (κ1) is 14.7. The second-order valence-electron chi connectivity index (χ2n) is 3.69. The number of carbonyl (C=O) groups is 2. The van der Waals surface area contributed by atoms with Gasteiger partial charge in [0.15, 0.2) is 0 Å². The first-order chi connectivity index (χ1) is 7.52. The molecule has 0 saturated heterocycles. The highest BCUT2D eigenvalue weighted by atomic mass is 16.7. The Morgan fingerprint density at radius 1 is 1.06 bits per heavy atom. The summed E-state index contributed by atoms with van der Waals surface area (Å²) in [6, 6.07) is 0. The summed E-state index contributed by atoms with van der Waals surface area (Å²) in [7, 11) is 0. The van der Waals surface area contributed by atoms with Gasteiger partial charge < -0.3 is 9.47 Å². The van der Waals surface area contributed by atoms with Crippen LogP contribution in [-0.4, -0.2) is 25.2 Å². The van der Waals surface area contributed by atoms with Crippen molar-refractivity contribution in [1.29, 1.82) is 0 Å². The average molecular weight is 231 g/mol. The fraction of sp³-hybridized carbons (Fsp3) is 0.667. The Balaban J connectivity index is 4.68. The lowest BCUT2D eigenvalue weighted by Gasteiger charge is -2.07. The second-order valence-corrected chi connectivity index (χ2v) is 3.69. The molecule has 0 radical (unpaired) electrons. The summed E-state index contributed by atoms with van der Waals surface area (Å²) in [6.07, 6.45) is 2.23. The summed E-state index contributed by atoms with van der Waals surface area (Å²) in [4.78, 5) is 23.0. The third kappa shape index (κ3) is 5.53. The van der Waals surface area contributed by atoms with Gasteiger partial charge in [0.1, 0.15) is 5.57 Å². The van der Waals surface area contributed by atoms with Crippen molar-refractivity contribution in [3.05, 3.63) is 11.6 Å². The Morgan fingerprint density at radius 3 is 1.81 bits per heavy atom. The number of esters is 2. The molecule has 0 amide bonds. The topological polar surface area (TPSA) is 52.6 Å². The predicted octanol–water partition coefficient (Wildman–Crippen LogP) is 2.09. The Morgan fingerprint density at radius 2 is 1.50 bits per heavy atom. The number of hydrogen-bond donors (Lipinski definition) is 0. The third-order valence-electron chi connectivity index (χ3n) is 1.78. The average Bonchev–Trinajstić information content (AvgIpc) is 2.18. The van der Waals surface area contributed by atoms with Gasteiger partial charge in [-0.25, -0.2) is 9.59 Å². The molecule has 0 bridgehead atoms. The van der Waals surface area contributed by atoms with Crippen LogP contribution in [0.4, 0.5) is 0 Å². The molecule has 4 heteroatoms. The minimum Gasteiger partial charge on any atom is -0.462 e. The summed E-state index contributed by atoms with van der Waals surface area (Å²) < 4.78 is 9.59. The molecule has 16 heavy (non-hydrogen) atoms. The van der Waals surface area contributed by atoms with Gasteiger partial charge in [0, 0.05) is 0 Å². The normalized spacial score (nSPS) is 9.81. The molecule has 0 aliphatic carbocycles. The quantitative estimate of drug-likeness (QED) is 0.231. The molecule has 0 atom stereocenters. The van der Waals surface area contributed by atoms with E-state index in [2.05, 4.69) is 0 Å². The fourth-order valence-electron chi connectivity index (χ4n) is 1.02. The molecule has 0 aliphatic heterocycles. The number of rotatable bonds is 6. The van der Waals surface area contributed by atoms with Gasteiger partial charge in [0.05, 0.1) is 13.2 Å². The van der Waals surface area contributed by atoms with Gasteiger partial charge >= 0.3 is 11.9 Å². The Bertz CT molecular complexity index is 246. The summed E-state index contributed by atoms with van der Waals surface area (Å²) >= 11 is 0. The Hall–Kier alpha value is -1.32. The molecule has 0 saturated carbocycles. The molecule has 0 rings (SSSR count). The van der Waals surface area contributed by atoms with E-state index in [0.29, 0.717) is 12.3 Å². The minimum atomic E-state index is -0.610. The monoisotopic (exact) mass is 231 g/mol.